The molecule has 0 spiro atoms. The second-order valence-electron chi connectivity index (χ2n) is 5.70. The molecule has 0 saturated heterocycles. The van der Waals surface area contributed by atoms with E-state index in [-0.39, 0.29) is 23.0 Å². The SMILES string of the molecule is CC(=O)c1ccc2c(c1)[N+]([O-])=C(c1ccc(N(C)C)cc1)C2=O. The number of carbonyl (C=O) groups excluding carboxylic acids is 2. The van der Waals surface area contributed by atoms with Gasteiger partial charge in [0, 0.05) is 31.4 Å². The van der Waals surface area contributed by atoms with E-state index in [1.807, 2.05) is 31.1 Å². The summed E-state index contributed by atoms with van der Waals surface area (Å²) >= 11 is 0. The lowest BCUT2D eigenvalue weighted by atomic mass is 10.0. The van der Waals surface area contributed by atoms with Gasteiger partial charge >= 0.3 is 0 Å². The third kappa shape index (κ3) is 2.40. The normalized spacial score (nSPS) is 13.3. The van der Waals surface area contributed by atoms with E-state index in [2.05, 4.69) is 0 Å². The van der Waals surface area contributed by atoms with Crippen molar-refractivity contribution >= 4 is 28.7 Å². The molecule has 1 aliphatic rings. The minimum atomic E-state index is -0.317. The van der Waals surface area contributed by atoms with Crippen LogP contribution in [0.3, 0.4) is 0 Å². The molecule has 0 atom stereocenters. The number of Topliss-reactive ketones (excluding diaryl/α,β-unsaturated/α-hetero) is 2. The van der Waals surface area contributed by atoms with Crippen LogP contribution in [0.4, 0.5) is 11.4 Å². The van der Waals surface area contributed by atoms with Crippen LogP contribution in [0.2, 0.25) is 0 Å². The molecule has 0 aliphatic carbocycles. The fourth-order valence-electron chi connectivity index (χ4n) is 2.62. The average molecular weight is 308 g/mol. The zero-order valence-electron chi connectivity index (χ0n) is 13.2. The van der Waals surface area contributed by atoms with Crippen LogP contribution in [0.15, 0.2) is 42.5 Å². The molecule has 0 bridgehead atoms. The first kappa shape index (κ1) is 15.0. The summed E-state index contributed by atoms with van der Waals surface area (Å²) in [6.07, 6.45) is 0. The third-order valence-corrected chi connectivity index (χ3v) is 3.94. The molecule has 3 rings (SSSR count). The van der Waals surface area contributed by atoms with Gasteiger partial charge in [-0.15, -0.1) is 0 Å². The van der Waals surface area contributed by atoms with E-state index in [9.17, 15) is 14.8 Å². The van der Waals surface area contributed by atoms with Crippen LogP contribution < -0.4 is 4.90 Å². The van der Waals surface area contributed by atoms with Gasteiger partial charge in [-0.05, 0) is 37.3 Å². The molecule has 116 valence electrons. The van der Waals surface area contributed by atoms with E-state index in [1.54, 1.807) is 24.3 Å². The molecule has 0 saturated carbocycles. The van der Waals surface area contributed by atoms with Gasteiger partial charge in [0.1, 0.15) is 5.56 Å². The Kier molecular flexibility index (Phi) is 3.48. The van der Waals surface area contributed by atoms with Crippen molar-refractivity contribution in [3.05, 3.63) is 64.4 Å². The second kappa shape index (κ2) is 5.35. The summed E-state index contributed by atoms with van der Waals surface area (Å²) < 4.78 is 0.620. The van der Waals surface area contributed by atoms with Crippen LogP contribution in [0.25, 0.3) is 0 Å². The van der Waals surface area contributed by atoms with Gasteiger partial charge < -0.3 is 10.1 Å². The van der Waals surface area contributed by atoms with Crippen LogP contribution in [0.1, 0.15) is 33.2 Å². The van der Waals surface area contributed by atoms with Gasteiger partial charge in [0.2, 0.25) is 5.69 Å². The van der Waals surface area contributed by atoms with E-state index < -0.39 is 0 Å². The zero-order chi connectivity index (χ0) is 16.7. The minimum absolute atomic E-state index is 0.0889. The van der Waals surface area contributed by atoms with Crippen molar-refractivity contribution in [1.82, 2.24) is 0 Å². The molecule has 0 unspecified atom stereocenters. The summed E-state index contributed by atoms with van der Waals surface area (Å²) in [4.78, 5) is 25.9. The van der Waals surface area contributed by atoms with E-state index in [0.717, 1.165) is 5.69 Å². The summed E-state index contributed by atoms with van der Waals surface area (Å²) in [6, 6.07) is 11.8. The maximum Gasteiger partial charge on any atom is 0.272 e. The highest BCUT2D eigenvalue weighted by molar-refractivity contribution is 6.52. The summed E-state index contributed by atoms with van der Waals surface area (Å²) in [5.74, 6) is -0.458. The lowest BCUT2D eigenvalue weighted by Gasteiger charge is -2.12. The summed E-state index contributed by atoms with van der Waals surface area (Å²) in [6.45, 7) is 1.43. The smallest absolute Gasteiger partial charge is 0.272 e. The summed E-state index contributed by atoms with van der Waals surface area (Å²) in [5, 5.41) is 12.5. The van der Waals surface area contributed by atoms with Crippen LogP contribution in [-0.2, 0) is 0 Å². The summed E-state index contributed by atoms with van der Waals surface area (Å²) in [7, 11) is 3.84. The van der Waals surface area contributed by atoms with Crippen LogP contribution in [-0.4, -0.2) is 36.1 Å². The van der Waals surface area contributed by atoms with Gasteiger partial charge in [0.15, 0.2) is 5.78 Å². The summed E-state index contributed by atoms with van der Waals surface area (Å²) in [5.41, 5.74) is 2.61. The van der Waals surface area contributed by atoms with Crippen LogP contribution >= 0.6 is 0 Å². The molecule has 2 aromatic rings. The van der Waals surface area contributed by atoms with E-state index >= 15 is 0 Å². The Morgan fingerprint density at radius 2 is 1.74 bits per heavy atom. The zero-order valence-corrected chi connectivity index (χ0v) is 13.2. The van der Waals surface area contributed by atoms with Gasteiger partial charge in [-0.25, -0.2) is 0 Å². The monoisotopic (exact) mass is 308 g/mol. The van der Waals surface area contributed by atoms with Gasteiger partial charge in [-0.2, -0.15) is 4.74 Å². The minimum Gasteiger partial charge on any atom is -0.618 e. The van der Waals surface area contributed by atoms with Gasteiger partial charge in [-0.1, -0.05) is 6.07 Å². The Labute approximate surface area is 134 Å². The third-order valence-electron chi connectivity index (χ3n) is 3.94. The van der Waals surface area contributed by atoms with Crippen molar-refractivity contribution in [1.29, 1.82) is 0 Å². The molecule has 23 heavy (non-hydrogen) atoms. The molecule has 0 aromatic heterocycles. The number of fused-ring (bicyclic) bond motifs is 1. The Morgan fingerprint density at radius 1 is 1.09 bits per heavy atom. The predicted molar refractivity (Wildman–Crippen MR) is 88.9 cm³/mol. The molecular weight excluding hydrogens is 292 g/mol. The first-order valence-electron chi connectivity index (χ1n) is 7.22. The fourth-order valence-corrected chi connectivity index (χ4v) is 2.62. The molecule has 5 heteroatoms. The number of benzene rings is 2. The fraction of sp³-hybridized carbons (Fsp3) is 0.167. The molecule has 0 radical (unpaired) electrons. The average Bonchev–Trinajstić information content (AvgIpc) is 2.78. The van der Waals surface area contributed by atoms with Gasteiger partial charge in [0.05, 0.1) is 5.56 Å². The first-order chi connectivity index (χ1) is 10.9. The first-order valence-corrected chi connectivity index (χ1v) is 7.22. The molecule has 2 aromatic carbocycles. The quantitative estimate of drug-likeness (QED) is 0.497. The number of anilines is 1. The van der Waals surface area contributed by atoms with E-state index in [0.29, 0.717) is 21.4 Å². The number of nitrogens with zero attached hydrogens (tertiary/aromatic N) is 2. The van der Waals surface area contributed by atoms with Crippen molar-refractivity contribution in [3.8, 4) is 0 Å². The number of carbonyl (C=O) groups is 2. The molecule has 1 aliphatic heterocycles. The highest BCUT2D eigenvalue weighted by atomic mass is 16.5. The Bertz CT molecular complexity index is 849. The molecule has 5 nitrogen and oxygen atoms in total. The van der Waals surface area contributed by atoms with E-state index in [1.165, 1.54) is 13.0 Å². The molecular formula is C18H16N2O3. The molecule has 0 amide bonds. The Balaban J connectivity index is 2.09. The van der Waals surface area contributed by atoms with Gasteiger partial charge in [0.25, 0.3) is 11.5 Å². The maximum atomic E-state index is 12.5. The second-order valence-corrected chi connectivity index (χ2v) is 5.70. The maximum absolute atomic E-state index is 12.5. The number of hydrogen-bond donors (Lipinski definition) is 0. The van der Waals surface area contributed by atoms with Crippen molar-refractivity contribution in [2.75, 3.05) is 19.0 Å². The Hall–Kier alpha value is -2.95. The van der Waals surface area contributed by atoms with Crippen LogP contribution in [0.5, 0.6) is 0 Å². The number of rotatable bonds is 3. The highest BCUT2D eigenvalue weighted by Crippen LogP contribution is 2.29. The van der Waals surface area contributed by atoms with Crippen molar-refractivity contribution in [2.24, 2.45) is 0 Å². The van der Waals surface area contributed by atoms with Crippen molar-refractivity contribution < 1.29 is 14.3 Å². The lowest BCUT2D eigenvalue weighted by Crippen LogP contribution is -2.17. The Morgan fingerprint density at radius 3 is 2.30 bits per heavy atom. The topological polar surface area (TPSA) is 63.5 Å². The lowest BCUT2D eigenvalue weighted by molar-refractivity contribution is -0.355. The highest BCUT2D eigenvalue weighted by Gasteiger charge is 2.36. The standard InChI is InChI=1S/C18H16N2O3/c1-11(21)13-6-9-15-16(10-13)20(23)17(18(15)22)12-4-7-14(8-5-12)19(2)3/h4-10H,1-3H3. The molecule has 0 fully saturated rings. The van der Waals surface area contributed by atoms with Gasteiger partial charge in [-0.3, -0.25) is 9.59 Å². The van der Waals surface area contributed by atoms with Crippen LogP contribution in [0, 0.1) is 5.21 Å². The van der Waals surface area contributed by atoms with Crippen molar-refractivity contribution in [2.45, 2.75) is 6.92 Å². The molecule has 0 N–H and O–H groups in total. The number of hydrogen-bond acceptors (Lipinski definition) is 4. The largest absolute Gasteiger partial charge is 0.618 e. The number of ketones is 2. The predicted octanol–water partition coefficient (Wildman–Crippen LogP) is 2.78. The van der Waals surface area contributed by atoms with Crippen molar-refractivity contribution in [3.63, 3.8) is 0 Å². The molecule has 1 heterocycles. The van der Waals surface area contributed by atoms with E-state index in [4.69, 9.17) is 0 Å².